The van der Waals surface area contributed by atoms with Crippen molar-refractivity contribution in [2.24, 2.45) is 5.73 Å². The first-order chi connectivity index (χ1) is 6.86. The van der Waals surface area contributed by atoms with E-state index in [1.807, 2.05) is 4.72 Å². The molecular weight excluding hydrogens is 226 g/mol. The van der Waals surface area contributed by atoms with Gasteiger partial charge in [0.25, 0.3) is 10.0 Å². The fraction of sp³-hybridized carbons (Fsp3) is 1.00. The standard InChI is InChI=1S/C8H16F2N2O2S/c9-7(10)15(13,14)12-6-8(11)4-2-1-3-5-8/h7,12H,1-6,11H2. The molecule has 4 nitrogen and oxygen atoms in total. The second-order valence-electron chi connectivity index (χ2n) is 4.05. The minimum absolute atomic E-state index is 0.0975. The number of rotatable bonds is 4. The molecule has 1 rings (SSSR count). The zero-order chi connectivity index (χ0) is 11.5. The van der Waals surface area contributed by atoms with Crippen LogP contribution in [0.5, 0.6) is 0 Å². The molecule has 0 spiro atoms. The van der Waals surface area contributed by atoms with Gasteiger partial charge >= 0.3 is 5.76 Å². The van der Waals surface area contributed by atoms with Crippen LogP contribution in [0.25, 0.3) is 0 Å². The van der Waals surface area contributed by atoms with Crippen molar-refractivity contribution in [1.82, 2.24) is 4.72 Å². The van der Waals surface area contributed by atoms with Gasteiger partial charge in [-0.3, -0.25) is 0 Å². The highest BCUT2D eigenvalue weighted by Gasteiger charge is 2.31. The monoisotopic (exact) mass is 242 g/mol. The lowest BCUT2D eigenvalue weighted by Crippen LogP contribution is -2.51. The van der Waals surface area contributed by atoms with Crippen LogP contribution in [0.4, 0.5) is 8.78 Å². The molecule has 1 aliphatic rings. The van der Waals surface area contributed by atoms with Crippen molar-refractivity contribution in [1.29, 1.82) is 0 Å². The van der Waals surface area contributed by atoms with Crippen LogP contribution < -0.4 is 10.5 Å². The normalized spacial score (nSPS) is 21.9. The summed E-state index contributed by atoms with van der Waals surface area (Å²) in [6.07, 6.45) is 4.28. The summed E-state index contributed by atoms with van der Waals surface area (Å²) in [5.41, 5.74) is 5.24. The maximum absolute atomic E-state index is 12.0. The number of alkyl halides is 2. The summed E-state index contributed by atoms with van der Waals surface area (Å²) in [7, 11) is -4.50. The largest absolute Gasteiger partial charge is 0.350 e. The average molecular weight is 242 g/mol. The van der Waals surface area contributed by atoms with Gasteiger partial charge in [0.1, 0.15) is 0 Å². The number of hydrogen-bond donors (Lipinski definition) is 2. The summed E-state index contributed by atoms with van der Waals surface area (Å²) in [6, 6.07) is 0. The molecule has 1 aliphatic carbocycles. The Morgan fingerprint density at radius 3 is 2.27 bits per heavy atom. The molecule has 3 N–H and O–H groups in total. The Morgan fingerprint density at radius 2 is 1.80 bits per heavy atom. The topological polar surface area (TPSA) is 72.2 Å². The van der Waals surface area contributed by atoms with Crippen LogP contribution in [0.1, 0.15) is 32.1 Å². The van der Waals surface area contributed by atoms with E-state index in [4.69, 9.17) is 5.73 Å². The van der Waals surface area contributed by atoms with Crippen molar-refractivity contribution >= 4 is 10.0 Å². The first kappa shape index (κ1) is 12.8. The van der Waals surface area contributed by atoms with Gasteiger partial charge in [0.15, 0.2) is 0 Å². The van der Waals surface area contributed by atoms with Gasteiger partial charge in [-0.05, 0) is 12.8 Å². The Balaban J connectivity index is 2.48. The zero-order valence-electron chi connectivity index (χ0n) is 8.38. The number of nitrogens with one attached hydrogen (secondary N) is 1. The summed E-state index contributed by atoms with van der Waals surface area (Å²) < 4.78 is 47.5. The molecule has 7 heteroatoms. The summed E-state index contributed by atoms with van der Waals surface area (Å²) in [5.74, 6) is -3.38. The Kier molecular flexibility index (Phi) is 4.02. The third kappa shape index (κ3) is 3.66. The van der Waals surface area contributed by atoms with E-state index in [1.54, 1.807) is 0 Å². The van der Waals surface area contributed by atoms with Crippen LogP contribution in [0.3, 0.4) is 0 Å². The maximum atomic E-state index is 12.0. The Morgan fingerprint density at radius 1 is 1.27 bits per heavy atom. The molecule has 0 heterocycles. The Hall–Kier alpha value is -0.270. The van der Waals surface area contributed by atoms with E-state index in [-0.39, 0.29) is 6.54 Å². The van der Waals surface area contributed by atoms with Gasteiger partial charge in [-0.1, -0.05) is 19.3 Å². The van der Waals surface area contributed by atoms with Crippen molar-refractivity contribution < 1.29 is 17.2 Å². The van der Waals surface area contributed by atoms with E-state index in [9.17, 15) is 17.2 Å². The fourth-order valence-electron chi connectivity index (χ4n) is 1.74. The lowest BCUT2D eigenvalue weighted by molar-refractivity contribution is 0.229. The molecule has 15 heavy (non-hydrogen) atoms. The van der Waals surface area contributed by atoms with E-state index in [2.05, 4.69) is 0 Å². The highest BCUT2D eigenvalue weighted by atomic mass is 32.2. The second-order valence-corrected chi connectivity index (χ2v) is 5.78. The number of sulfonamides is 1. The molecule has 0 aromatic rings. The summed E-state index contributed by atoms with van der Waals surface area (Å²) >= 11 is 0. The molecule has 0 aliphatic heterocycles. The van der Waals surface area contributed by atoms with E-state index in [0.717, 1.165) is 19.3 Å². The predicted octanol–water partition coefficient (Wildman–Crippen LogP) is 0.790. The van der Waals surface area contributed by atoms with E-state index < -0.39 is 21.3 Å². The summed E-state index contributed by atoms with van der Waals surface area (Å²) in [5, 5.41) is 0. The minimum Gasteiger partial charge on any atom is -0.324 e. The van der Waals surface area contributed by atoms with Crippen molar-refractivity contribution in [3.05, 3.63) is 0 Å². The highest BCUT2D eigenvalue weighted by Crippen LogP contribution is 2.25. The van der Waals surface area contributed by atoms with Crippen LogP contribution in [-0.2, 0) is 10.0 Å². The molecular formula is C8H16F2N2O2S. The van der Waals surface area contributed by atoms with Gasteiger partial charge in [0.05, 0.1) is 0 Å². The SMILES string of the molecule is NC1(CNS(=O)(=O)C(F)F)CCCCC1. The lowest BCUT2D eigenvalue weighted by Gasteiger charge is -2.33. The second kappa shape index (κ2) is 4.71. The fourth-order valence-corrected chi connectivity index (χ4v) is 2.35. The van der Waals surface area contributed by atoms with Crippen LogP contribution in [0.2, 0.25) is 0 Å². The van der Waals surface area contributed by atoms with Gasteiger partial charge in [-0.25, -0.2) is 13.1 Å². The molecule has 0 radical (unpaired) electrons. The van der Waals surface area contributed by atoms with E-state index >= 15 is 0 Å². The van der Waals surface area contributed by atoms with Gasteiger partial charge in [0.2, 0.25) is 0 Å². The van der Waals surface area contributed by atoms with Crippen molar-refractivity contribution in [3.8, 4) is 0 Å². The van der Waals surface area contributed by atoms with Crippen LogP contribution in [-0.4, -0.2) is 26.3 Å². The third-order valence-corrected chi connectivity index (χ3v) is 3.73. The predicted molar refractivity (Wildman–Crippen MR) is 52.9 cm³/mol. The van der Waals surface area contributed by atoms with E-state index in [0.29, 0.717) is 12.8 Å². The lowest BCUT2D eigenvalue weighted by atomic mass is 9.83. The van der Waals surface area contributed by atoms with E-state index in [1.165, 1.54) is 0 Å². The van der Waals surface area contributed by atoms with Gasteiger partial charge < -0.3 is 5.73 Å². The molecule has 0 amide bonds. The molecule has 1 fully saturated rings. The smallest absolute Gasteiger partial charge is 0.324 e. The van der Waals surface area contributed by atoms with Gasteiger partial charge in [0, 0.05) is 12.1 Å². The number of halogens is 2. The molecule has 0 atom stereocenters. The first-order valence-corrected chi connectivity index (χ1v) is 6.46. The minimum atomic E-state index is -4.50. The molecule has 0 aromatic carbocycles. The van der Waals surface area contributed by atoms with Crippen LogP contribution in [0.15, 0.2) is 0 Å². The highest BCUT2D eigenvalue weighted by molar-refractivity contribution is 7.89. The van der Waals surface area contributed by atoms with Crippen molar-refractivity contribution in [3.63, 3.8) is 0 Å². The van der Waals surface area contributed by atoms with Gasteiger partial charge in [-0.15, -0.1) is 0 Å². The molecule has 90 valence electrons. The first-order valence-electron chi connectivity index (χ1n) is 4.91. The van der Waals surface area contributed by atoms with Crippen molar-refractivity contribution in [2.75, 3.05) is 6.54 Å². The number of nitrogens with two attached hydrogens (primary N) is 1. The summed E-state index contributed by atoms with van der Waals surface area (Å²) in [6.45, 7) is -0.0975. The summed E-state index contributed by atoms with van der Waals surface area (Å²) in [4.78, 5) is 0. The van der Waals surface area contributed by atoms with Crippen LogP contribution in [0, 0.1) is 0 Å². The average Bonchev–Trinajstić information content (AvgIpc) is 2.16. The molecule has 0 aromatic heterocycles. The molecule has 0 bridgehead atoms. The molecule has 0 saturated heterocycles. The van der Waals surface area contributed by atoms with Crippen molar-refractivity contribution in [2.45, 2.75) is 43.4 Å². The Bertz CT molecular complexity index is 300. The molecule has 1 saturated carbocycles. The Labute approximate surface area is 88.3 Å². The maximum Gasteiger partial charge on any atom is 0.350 e. The van der Waals surface area contributed by atoms with Gasteiger partial charge in [-0.2, -0.15) is 8.78 Å². The van der Waals surface area contributed by atoms with Crippen LogP contribution >= 0.6 is 0 Å². The number of hydrogen-bond acceptors (Lipinski definition) is 3. The zero-order valence-corrected chi connectivity index (χ0v) is 9.19. The quantitative estimate of drug-likeness (QED) is 0.765. The molecule has 0 unspecified atom stereocenters. The third-order valence-electron chi connectivity index (χ3n) is 2.71.